The molecule has 0 aliphatic carbocycles. The number of pyridine rings is 1. The Bertz CT molecular complexity index is 487. The van der Waals surface area contributed by atoms with Crippen molar-refractivity contribution in [3.63, 3.8) is 0 Å². The molecule has 1 aromatic rings. The van der Waals surface area contributed by atoms with Gasteiger partial charge >= 0.3 is 5.96 Å². The first-order valence-electron chi connectivity index (χ1n) is 7.85. The van der Waals surface area contributed by atoms with Crippen molar-refractivity contribution in [3.05, 3.63) is 30.1 Å². The van der Waals surface area contributed by atoms with E-state index in [1.165, 1.54) is 17.9 Å². The second-order valence-corrected chi connectivity index (χ2v) is 6.90. The number of guanidine groups is 1. The summed E-state index contributed by atoms with van der Waals surface area (Å²) in [6.45, 7) is 10.1. The Kier molecular flexibility index (Phi) is 4.86. The van der Waals surface area contributed by atoms with Gasteiger partial charge in [0.05, 0.1) is 39.3 Å². The van der Waals surface area contributed by atoms with E-state index in [1.54, 1.807) is 0 Å². The van der Waals surface area contributed by atoms with Crippen LogP contribution in [0.15, 0.2) is 24.5 Å². The summed E-state index contributed by atoms with van der Waals surface area (Å²) in [5, 5.41) is 0. The van der Waals surface area contributed by atoms with Gasteiger partial charge in [0.1, 0.15) is 0 Å². The van der Waals surface area contributed by atoms with Crippen molar-refractivity contribution in [3.8, 4) is 0 Å². The van der Waals surface area contributed by atoms with Gasteiger partial charge in [0, 0.05) is 12.4 Å². The van der Waals surface area contributed by atoms with E-state index in [4.69, 9.17) is 0 Å². The molecule has 0 amide bonds. The Labute approximate surface area is 129 Å². The fraction of sp³-hybridized carbons (Fsp3) is 0.647. The van der Waals surface area contributed by atoms with Crippen LogP contribution in [0.4, 0.5) is 0 Å². The monoisotopic (exact) mass is 289 g/mol. The summed E-state index contributed by atoms with van der Waals surface area (Å²) in [6, 6.07) is 4.18. The van der Waals surface area contributed by atoms with Gasteiger partial charge in [-0.15, -0.1) is 0 Å². The third kappa shape index (κ3) is 3.96. The van der Waals surface area contributed by atoms with Crippen molar-refractivity contribution in [1.82, 2.24) is 14.8 Å². The van der Waals surface area contributed by atoms with Crippen LogP contribution in [0, 0.1) is 0 Å². The smallest absolute Gasteiger partial charge is 0.264 e. The molecule has 4 nitrogen and oxygen atoms in total. The maximum absolute atomic E-state index is 4.19. The summed E-state index contributed by atoms with van der Waals surface area (Å²) in [5.74, 6) is 1.36. The zero-order valence-electron chi connectivity index (χ0n) is 14.1. The van der Waals surface area contributed by atoms with Gasteiger partial charge in [0.15, 0.2) is 0 Å². The van der Waals surface area contributed by atoms with Crippen molar-refractivity contribution >= 4 is 5.96 Å². The van der Waals surface area contributed by atoms with Crippen LogP contribution in [-0.4, -0.2) is 64.6 Å². The zero-order chi connectivity index (χ0) is 15.5. The molecule has 1 aliphatic rings. The van der Waals surface area contributed by atoms with E-state index in [2.05, 4.69) is 60.3 Å². The topological polar surface area (TPSA) is 22.4 Å². The lowest BCUT2D eigenvalue weighted by Crippen LogP contribution is -2.51. The van der Waals surface area contributed by atoms with Crippen LogP contribution in [0.5, 0.6) is 0 Å². The fourth-order valence-corrected chi connectivity index (χ4v) is 2.71. The van der Waals surface area contributed by atoms with Crippen molar-refractivity contribution in [2.45, 2.75) is 39.2 Å². The third-order valence-corrected chi connectivity index (χ3v) is 4.25. The maximum atomic E-state index is 4.19. The number of aromatic nitrogens is 1. The van der Waals surface area contributed by atoms with Gasteiger partial charge in [-0.25, -0.2) is 0 Å². The molecule has 2 heterocycles. The predicted octanol–water partition coefficient (Wildman–Crippen LogP) is 2.06. The van der Waals surface area contributed by atoms with E-state index >= 15 is 0 Å². The SMILES string of the molecule is CN(C1=[N+](C)CCN1CCCc1cccnc1)C(C)(C)C. The van der Waals surface area contributed by atoms with Gasteiger partial charge in [-0.05, 0) is 45.2 Å². The van der Waals surface area contributed by atoms with Gasteiger partial charge in [0.2, 0.25) is 0 Å². The number of rotatable bonds is 4. The molecule has 1 aromatic heterocycles. The van der Waals surface area contributed by atoms with Gasteiger partial charge in [-0.3, -0.25) is 19.4 Å². The summed E-state index contributed by atoms with van der Waals surface area (Å²) in [6.07, 6.45) is 6.08. The van der Waals surface area contributed by atoms with Gasteiger partial charge < -0.3 is 0 Å². The quantitative estimate of drug-likeness (QED) is 0.792. The lowest BCUT2D eigenvalue weighted by atomic mass is 10.1. The molecule has 0 saturated carbocycles. The highest BCUT2D eigenvalue weighted by Crippen LogP contribution is 2.16. The fourth-order valence-electron chi connectivity index (χ4n) is 2.71. The molecule has 0 atom stereocenters. The molecular formula is C17H29N4+. The first-order chi connectivity index (χ1) is 9.89. The highest BCUT2D eigenvalue weighted by Gasteiger charge is 2.36. The van der Waals surface area contributed by atoms with Crippen LogP contribution < -0.4 is 0 Å². The molecule has 116 valence electrons. The summed E-state index contributed by atoms with van der Waals surface area (Å²) >= 11 is 0. The molecule has 2 rings (SSSR count). The number of nitrogens with zero attached hydrogens (tertiary/aromatic N) is 4. The van der Waals surface area contributed by atoms with Crippen LogP contribution in [0.1, 0.15) is 32.8 Å². The molecule has 0 N–H and O–H groups in total. The number of likely N-dealkylation sites (N-methyl/N-ethyl adjacent to an activating group) is 1. The Hall–Kier alpha value is -1.58. The molecule has 21 heavy (non-hydrogen) atoms. The van der Waals surface area contributed by atoms with E-state index in [0.717, 1.165) is 26.1 Å². The van der Waals surface area contributed by atoms with Crippen molar-refractivity contribution in [2.24, 2.45) is 0 Å². The molecule has 0 spiro atoms. The van der Waals surface area contributed by atoms with Gasteiger partial charge in [-0.1, -0.05) is 6.07 Å². The second-order valence-electron chi connectivity index (χ2n) is 6.90. The summed E-state index contributed by atoms with van der Waals surface area (Å²) in [7, 11) is 4.39. The minimum Gasteiger partial charge on any atom is -0.264 e. The normalized spacial score (nSPS) is 15.8. The predicted molar refractivity (Wildman–Crippen MR) is 87.7 cm³/mol. The Morgan fingerprint density at radius 2 is 2.14 bits per heavy atom. The van der Waals surface area contributed by atoms with Crippen molar-refractivity contribution < 1.29 is 4.58 Å². The first kappa shape index (κ1) is 15.8. The van der Waals surface area contributed by atoms with Crippen molar-refractivity contribution in [1.29, 1.82) is 0 Å². The van der Waals surface area contributed by atoms with E-state index in [1.807, 2.05) is 18.5 Å². The number of hydrogen-bond acceptors (Lipinski definition) is 3. The van der Waals surface area contributed by atoms with Crippen LogP contribution in [0.2, 0.25) is 0 Å². The first-order valence-corrected chi connectivity index (χ1v) is 7.85. The molecule has 0 aromatic carbocycles. The Morgan fingerprint density at radius 1 is 1.38 bits per heavy atom. The molecule has 0 unspecified atom stereocenters. The van der Waals surface area contributed by atoms with Crippen LogP contribution >= 0.6 is 0 Å². The van der Waals surface area contributed by atoms with E-state index < -0.39 is 0 Å². The van der Waals surface area contributed by atoms with Crippen LogP contribution in [0.3, 0.4) is 0 Å². The summed E-state index contributed by atoms with van der Waals surface area (Å²) in [4.78, 5) is 9.10. The van der Waals surface area contributed by atoms with Gasteiger partial charge in [0.25, 0.3) is 0 Å². The average Bonchev–Trinajstić information content (AvgIpc) is 2.79. The maximum Gasteiger partial charge on any atom is 0.350 e. The standard InChI is InChI=1S/C17H29N4/c1-17(2,3)20(5)16-19(4)12-13-21(16)11-7-9-15-8-6-10-18-14-15/h6,8,10,14H,7,9,11-13H2,1-5H3/q+1. The third-order valence-electron chi connectivity index (χ3n) is 4.25. The molecular weight excluding hydrogens is 260 g/mol. The van der Waals surface area contributed by atoms with Gasteiger partial charge in [-0.2, -0.15) is 0 Å². The number of aryl methyl sites for hydroxylation is 1. The van der Waals surface area contributed by atoms with Crippen LogP contribution in [-0.2, 0) is 6.42 Å². The molecule has 4 heteroatoms. The highest BCUT2D eigenvalue weighted by molar-refractivity contribution is 5.76. The van der Waals surface area contributed by atoms with E-state index in [-0.39, 0.29) is 5.54 Å². The molecule has 0 bridgehead atoms. The molecule has 0 radical (unpaired) electrons. The minimum absolute atomic E-state index is 0.148. The van der Waals surface area contributed by atoms with Crippen molar-refractivity contribution in [2.75, 3.05) is 33.7 Å². The Morgan fingerprint density at radius 3 is 2.76 bits per heavy atom. The second kappa shape index (κ2) is 6.46. The lowest BCUT2D eigenvalue weighted by molar-refractivity contribution is -0.492. The van der Waals surface area contributed by atoms with Crippen LogP contribution in [0.25, 0.3) is 0 Å². The van der Waals surface area contributed by atoms with E-state index in [9.17, 15) is 0 Å². The molecule has 1 aliphatic heterocycles. The lowest BCUT2D eigenvalue weighted by Gasteiger charge is -2.31. The molecule has 0 saturated heterocycles. The summed E-state index contributed by atoms with van der Waals surface area (Å²) < 4.78 is 2.37. The zero-order valence-corrected chi connectivity index (χ0v) is 14.1. The summed E-state index contributed by atoms with van der Waals surface area (Å²) in [5.41, 5.74) is 1.48. The Balaban J connectivity index is 1.94. The average molecular weight is 289 g/mol. The minimum atomic E-state index is 0.148. The highest BCUT2D eigenvalue weighted by atomic mass is 15.4. The number of hydrogen-bond donors (Lipinski definition) is 0. The van der Waals surface area contributed by atoms with E-state index in [0.29, 0.717) is 0 Å². The molecule has 0 fully saturated rings. The largest absolute Gasteiger partial charge is 0.350 e.